The van der Waals surface area contributed by atoms with Crippen LogP contribution < -0.4 is 25.0 Å². The molecule has 8 nitrogen and oxygen atoms in total. The number of hydroxylamine groups is 1. The molecule has 3 aromatic rings. The van der Waals surface area contributed by atoms with Crippen molar-refractivity contribution in [2.45, 2.75) is 6.42 Å². The molecule has 0 atom stereocenters. The van der Waals surface area contributed by atoms with E-state index in [0.29, 0.717) is 22.9 Å². The smallest absolute Gasteiger partial charge is 0.252 e. The predicted molar refractivity (Wildman–Crippen MR) is 121 cm³/mol. The minimum absolute atomic E-state index is 0.189. The molecule has 0 saturated carbocycles. The summed E-state index contributed by atoms with van der Waals surface area (Å²) < 4.78 is 21.0. The predicted octanol–water partition coefficient (Wildman–Crippen LogP) is 3.75. The Balaban J connectivity index is 2.06. The van der Waals surface area contributed by atoms with Gasteiger partial charge < -0.3 is 19.9 Å². The maximum absolute atomic E-state index is 12.3. The first kappa shape index (κ1) is 22.5. The highest BCUT2D eigenvalue weighted by molar-refractivity contribution is 7.04. The summed E-state index contributed by atoms with van der Waals surface area (Å²) in [4.78, 5) is 17.6. The Labute approximate surface area is 185 Å². The van der Waals surface area contributed by atoms with E-state index in [4.69, 9.17) is 24.8 Å². The van der Waals surface area contributed by atoms with E-state index in [1.54, 1.807) is 27.4 Å². The summed E-state index contributed by atoms with van der Waals surface area (Å²) in [5.74, 6) is 1.39. The molecule has 2 N–H and O–H groups in total. The maximum Gasteiger partial charge on any atom is 0.252 e. The van der Waals surface area contributed by atoms with Crippen LogP contribution in [0.5, 0.6) is 17.2 Å². The second kappa shape index (κ2) is 10.3. The molecule has 0 aliphatic rings. The lowest BCUT2D eigenvalue weighted by Crippen LogP contribution is -2.31. The number of nitrogens with two attached hydrogens (primary N) is 1. The van der Waals surface area contributed by atoms with Gasteiger partial charge in [-0.2, -0.15) is 9.44 Å². The average Bonchev–Trinajstić information content (AvgIpc) is 3.29. The van der Waals surface area contributed by atoms with Crippen molar-refractivity contribution in [1.29, 1.82) is 0 Å². The van der Waals surface area contributed by atoms with Gasteiger partial charge in [0.2, 0.25) is 5.75 Å². The van der Waals surface area contributed by atoms with Gasteiger partial charge in [-0.3, -0.25) is 9.63 Å². The molecule has 0 fully saturated rings. The van der Waals surface area contributed by atoms with E-state index < -0.39 is 0 Å². The van der Waals surface area contributed by atoms with Crippen molar-refractivity contribution in [3.8, 4) is 39.6 Å². The van der Waals surface area contributed by atoms with Gasteiger partial charge in [0.1, 0.15) is 0 Å². The Morgan fingerprint density at radius 3 is 2.32 bits per heavy atom. The van der Waals surface area contributed by atoms with Gasteiger partial charge in [0.05, 0.1) is 39.8 Å². The fourth-order valence-corrected chi connectivity index (χ4v) is 3.96. The van der Waals surface area contributed by atoms with Crippen molar-refractivity contribution < 1.29 is 23.8 Å². The minimum Gasteiger partial charge on any atom is -0.493 e. The zero-order valence-corrected chi connectivity index (χ0v) is 18.7. The number of hydrogen-bond acceptors (Lipinski definition) is 8. The normalized spacial score (nSPS) is 10.6. The molecule has 0 aliphatic carbocycles. The summed E-state index contributed by atoms with van der Waals surface area (Å²) >= 11 is 1.34. The molecule has 9 heteroatoms. The van der Waals surface area contributed by atoms with Crippen molar-refractivity contribution in [2.75, 3.05) is 40.0 Å². The number of nitrogens with zero attached hydrogens (tertiary/aromatic N) is 2. The lowest BCUT2D eigenvalue weighted by Gasteiger charge is -2.20. The molecule has 0 saturated heterocycles. The summed E-state index contributed by atoms with van der Waals surface area (Å²) in [6.45, 7) is 0.248. The topological polar surface area (TPSA) is 96.1 Å². The van der Waals surface area contributed by atoms with Crippen molar-refractivity contribution in [3.05, 3.63) is 41.8 Å². The van der Waals surface area contributed by atoms with Crippen LogP contribution in [-0.2, 0) is 9.63 Å². The highest BCUT2D eigenvalue weighted by Gasteiger charge is 2.20. The van der Waals surface area contributed by atoms with Gasteiger partial charge in [0.15, 0.2) is 11.5 Å². The van der Waals surface area contributed by atoms with Crippen molar-refractivity contribution in [3.63, 3.8) is 0 Å². The van der Waals surface area contributed by atoms with E-state index in [-0.39, 0.29) is 18.9 Å². The van der Waals surface area contributed by atoms with E-state index in [9.17, 15) is 4.79 Å². The number of aromatic nitrogens is 1. The molecule has 31 heavy (non-hydrogen) atoms. The Morgan fingerprint density at radius 1 is 1.03 bits per heavy atom. The molecule has 2 aromatic carbocycles. The molecular weight excluding hydrogens is 418 g/mol. The Morgan fingerprint density at radius 2 is 1.74 bits per heavy atom. The highest BCUT2D eigenvalue weighted by Crippen LogP contribution is 2.43. The SMILES string of the molecule is COc1cc(-c2nscc2-c2cccc(N(OC)C(=O)CCN)c2)cc(OC)c1OC. The summed E-state index contributed by atoms with van der Waals surface area (Å²) in [5, 5.41) is 3.20. The van der Waals surface area contributed by atoms with E-state index in [2.05, 4.69) is 4.37 Å². The quantitative estimate of drug-likeness (QED) is 0.503. The number of carbonyl (C=O) groups excluding carboxylic acids is 1. The molecule has 3 rings (SSSR count). The first-order valence-electron chi connectivity index (χ1n) is 9.50. The van der Waals surface area contributed by atoms with Crippen LogP contribution in [0.25, 0.3) is 22.4 Å². The van der Waals surface area contributed by atoms with Crippen LogP contribution in [-0.4, -0.2) is 45.3 Å². The number of ether oxygens (including phenoxy) is 3. The van der Waals surface area contributed by atoms with Crippen LogP contribution in [0.15, 0.2) is 41.8 Å². The number of benzene rings is 2. The molecule has 0 spiro atoms. The summed E-state index contributed by atoms with van der Waals surface area (Å²) in [6, 6.07) is 11.2. The first-order chi connectivity index (χ1) is 15.1. The van der Waals surface area contributed by atoms with Gasteiger partial charge in [-0.15, -0.1) is 0 Å². The van der Waals surface area contributed by atoms with Gasteiger partial charge in [-0.1, -0.05) is 12.1 Å². The fraction of sp³-hybridized carbons (Fsp3) is 0.273. The Kier molecular flexibility index (Phi) is 7.45. The lowest BCUT2D eigenvalue weighted by molar-refractivity contribution is -0.124. The third kappa shape index (κ3) is 4.63. The van der Waals surface area contributed by atoms with E-state index in [1.165, 1.54) is 23.7 Å². The third-order valence-corrected chi connectivity index (χ3v) is 5.30. The largest absolute Gasteiger partial charge is 0.493 e. The van der Waals surface area contributed by atoms with Gasteiger partial charge in [0.25, 0.3) is 5.91 Å². The molecule has 164 valence electrons. The van der Waals surface area contributed by atoms with Crippen LogP contribution >= 0.6 is 11.5 Å². The molecule has 1 aromatic heterocycles. The summed E-state index contributed by atoms with van der Waals surface area (Å²) in [6.07, 6.45) is 0.189. The monoisotopic (exact) mass is 443 g/mol. The van der Waals surface area contributed by atoms with Crippen molar-refractivity contribution in [2.24, 2.45) is 5.73 Å². The van der Waals surface area contributed by atoms with Gasteiger partial charge in [-0.25, -0.2) is 0 Å². The number of methoxy groups -OCH3 is 3. The highest BCUT2D eigenvalue weighted by atomic mass is 32.1. The average molecular weight is 444 g/mol. The van der Waals surface area contributed by atoms with E-state index in [0.717, 1.165) is 22.4 Å². The number of anilines is 1. The second-order valence-corrected chi connectivity index (χ2v) is 7.08. The standard InChI is InChI=1S/C22H25N3O5S/c1-27-18-11-15(12-19(28-2)22(18)29-3)21-17(13-31-24-21)14-6-5-7-16(10-14)25(30-4)20(26)8-9-23/h5-7,10-13H,8-9,23H2,1-4H3. The van der Waals surface area contributed by atoms with Crippen molar-refractivity contribution in [1.82, 2.24) is 4.37 Å². The van der Waals surface area contributed by atoms with Gasteiger partial charge in [0, 0.05) is 29.5 Å². The van der Waals surface area contributed by atoms with Crippen LogP contribution in [0.1, 0.15) is 6.42 Å². The molecule has 1 amide bonds. The van der Waals surface area contributed by atoms with E-state index in [1.807, 2.05) is 35.7 Å². The number of hydrogen-bond donors (Lipinski definition) is 1. The Bertz CT molecular complexity index is 1030. The van der Waals surface area contributed by atoms with Crippen LogP contribution in [0.3, 0.4) is 0 Å². The van der Waals surface area contributed by atoms with Crippen LogP contribution in [0.2, 0.25) is 0 Å². The van der Waals surface area contributed by atoms with Gasteiger partial charge >= 0.3 is 0 Å². The number of amides is 1. The third-order valence-electron chi connectivity index (χ3n) is 4.67. The number of carbonyl (C=O) groups is 1. The van der Waals surface area contributed by atoms with Gasteiger partial charge in [-0.05, 0) is 41.4 Å². The van der Waals surface area contributed by atoms with Crippen molar-refractivity contribution >= 4 is 23.1 Å². The molecule has 0 bridgehead atoms. The van der Waals surface area contributed by atoms with Crippen LogP contribution in [0, 0.1) is 0 Å². The Hall–Kier alpha value is -3.14. The molecule has 0 radical (unpaired) electrons. The van der Waals surface area contributed by atoms with E-state index >= 15 is 0 Å². The number of rotatable bonds is 9. The second-order valence-electron chi connectivity index (χ2n) is 6.45. The summed E-state index contributed by atoms with van der Waals surface area (Å²) in [5.41, 5.74) is 9.51. The van der Waals surface area contributed by atoms with Crippen LogP contribution in [0.4, 0.5) is 5.69 Å². The first-order valence-corrected chi connectivity index (χ1v) is 10.3. The zero-order chi connectivity index (χ0) is 22.4. The molecule has 0 aliphatic heterocycles. The maximum atomic E-state index is 12.3. The summed E-state index contributed by atoms with van der Waals surface area (Å²) in [7, 11) is 6.16. The molecular formula is C22H25N3O5S. The lowest BCUT2D eigenvalue weighted by atomic mass is 10.0. The molecule has 1 heterocycles. The zero-order valence-electron chi connectivity index (χ0n) is 17.9. The molecule has 0 unspecified atom stereocenters. The minimum atomic E-state index is -0.213. The fourth-order valence-electron chi connectivity index (χ4n) is 3.24.